The average molecular weight is 298 g/mol. The number of amides is 2. The van der Waals surface area contributed by atoms with E-state index in [1.807, 2.05) is 25.1 Å². The van der Waals surface area contributed by atoms with Crippen molar-refractivity contribution in [3.8, 4) is 0 Å². The number of carbonyl (C=O) groups is 2. The molecule has 1 aromatic carbocycles. The van der Waals surface area contributed by atoms with Crippen molar-refractivity contribution in [2.75, 3.05) is 11.9 Å². The van der Waals surface area contributed by atoms with Gasteiger partial charge >= 0.3 is 0 Å². The highest BCUT2D eigenvalue weighted by Crippen LogP contribution is 2.26. The maximum atomic E-state index is 11.6. The van der Waals surface area contributed by atoms with Crippen LogP contribution in [0.4, 0.5) is 5.69 Å². The third kappa shape index (κ3) is 3.95. The zero-order chi connectivity index (χ0) is 13.8. The molecule has 20 heavy (non-hydrogen) atoms. The van der Waals surface area contributed by atoms with Gasteiger partial charge in [-0.25, -0.2) is 0 Å². The van der Waals surface area contributed by atoms with E-state index in [1.54, 1.807) is 0 Å². The summed E-state index contributed by atoms with van der Waals surface area (Å²) in [6.07, 6.45) is 1.56. The number of nitrogens with two attached hydrogens (primary N) is 1. The highest BCUT2D eigenvalue weighted by Gasteiger charge is 2.19. The zero-order valence-electron chi connectivity index (χ0n) is 11.4. The van der Waals surface area contributed by atoms with Crippen molar-refractivity contribution in [1.29, 1.82) is 0 Å². The number of benzene rings is 1. The molecule has 0 radical (unpaired) electrons. The number of fused-ring (bicyclic) bond motifs is 1. The van der Waals surface area contributed by atoms with Crippen molar-refractivity contribution in [3.05, 3.63) is 29.3 Å². The third-order valence-corrected chi connectivity index (χ3v) is 3.24. The Labute approximate surface area is 124 Å². The molecule has 0 fully saturated rings. The molecule has 6 heteroatoms. The van der Waals surface area contributed by atoms with Gasteiger partial charge in [-0.05, 0) is 37.1 Å². The molecule has 1 heterocycles. The predicted octanol–water partition coefficient (Wildman–Crippen LogP) is 1.52. The Bertz CT molecular complexity index is 505. The molecular formula is C14H20ClN3O2. The third-order valence-electron chi connectivity index (χ3n) is 3.24. The molecule has 4 N–H and O–H groups in total. The number of anilines is 1. The maximum Gasteiger partial charge on any atom is 0.228 e. The van der Waals surface area contributed by atoms with E-state index in [2.05, 4.69) is 10.6 Å². The molecule has 2 amide bonds. The fourth-order valence-corrected chi connectivity index (χ4v) is 2.18. The van der Waals surface area contributed by atoms with E-state index >= 15 is 0 Å². The molecule has 0 spiro atoms. The normalized spacial score (nSPS) is 14.0. The molecule has 0 bridgehead atoms. The Balaban J connectivity index is 0.00000200. The minimum absolute atomic E-state index is 0. The first kappa shape index (κ1) is 16.5. The van der Waals surface area contributed by atoms with Crippen LogP contribution in [0.2, 0.25) is 0 Å². The summed E-state index contributed by atoms with van der Waals surface area (Å²) in [7, 11) is 0. The molecular weight excluding hydrogens is 278 g/mol. The number of hydrogen-bond acceptors (Lipinski definition) is 3. The van der Waals surface area contributed by atoms with E-state index < -0.39 is 0 Å². The standard InChI is InChI=1S/C14H19N3O2.ClH/c1-9(16-13(18)3-2-6-15)10-4-5-12-11(7-10)8-14(19)17-12;/h4-5,7,9H,2-3,6,8,15H2,1H3,(H,16,18)(H,17,19);1H. The average Bonchev–Trinajstić information content (AvgIpc) is 2.75. The fourth-order valence-electron chi connectivity index (χ4n) is 2.18. The number of halogens is 1. The van der Waals surface area contributed by atoms with Crippen molar-refractivity contribution in [3.63, 3.8) is 0 Å². The van der Waals surface area contributed by atoms with Crippen molar-refractivity contribution in [2.24, 2.45) is 5.73 Å². The number of nitrogens with one attached hydrogen (secondary N) is 2. The van der Waals surface area contributed by atoms with Crippen molar-refractivity contribution < 1.29 is 9.59 Å². The molecule has 1 unspecified atom stereocenters. The quantitative estimate of drug-likeness (QED) is 0.770. The van der Waals surface area contributed by atoms with Gasteiger partial charge in [0.05, 0.1) is 12.5 Å². The Morgan fingerprint density at radius 3 is 2.95 bits per heavy atom. The zero-order valence-corrected chi connectivity index (χ0v) is 12.3. The van der Waals surface area contributed by atoms with E-state index in [0.29, 0.717) is 25.8 Å². The smallest absolute Gasteiger partial charge is 0.228 e. The Morgan fingerprint density at radius 2 is 2.25 bits per heavy atom. The first-order valence-corrected chi connectivity index (χ1v) is 6.52. The first-order valence-electron chi connectivity index (χ1n) is 6.52. The van der Waals surface area contributed by atoms with Crippen LogP contribution in [0.5, 0.6) is 0 Å². The number of rotatable bonds is 5. The lowest BCUT2D eigenvalue weighted by molar-refractivity contribution is -0.121. The van der Waals surface area contributed by atoms with Gasteiger partial charge in [-0.3, -0.25) is 9.59 Å². The van der Waals surface area contributed by atoms with Crippen LogP contribution < -0.4 is 16.4 Å². The van der Waals surface area contributed by atoms with E-state index in [1.165, 1.54) is 0 Å². The van der Waals surface area contributed by atoms with Crippen molar-refractivity contribution >= 4 is 29.9 Å². The molecule has 1 atom stereocenters. The van der Waals surface area contributed by atoms with Crippen LogP contribution >= 0.6 is 12.4 Å². The second-order valence-electron chi connectivity index (χ2n) is 4.82. The van der Waals surface area contributed by atoms with Crippen molar-refractivity contribution in [2.45, 2.75) is 32.2 Å². The van der Waals surface area contributed by atoms with E-state index in [0.717, 1.165) is 16.8 Å². The van der Waals surface area contributed by atoms with Gasteiger partial charge in [-0.1, -0.05) is 12.1 Å². The van der Waals surface area contributed by atoms with Gasteiger partial charge < -0.3 is 16.4 Å². The van der Waals surface area contributed by atoms with E-state index in [4.69, 9.17) is 5.73 Å². The summed E-state index contributed by atoms with van der Waals surface area (Å²) in [6.45, 7) is 2.46. The molecule has 2 rings (SSSR count). The van der Waals surface area contributed by atoms with Gasteiger partial charge in [0, 0.05) is 12.1 Å². The Kier molecular flexibility index (Phi) is 5.98. The van der Waals surface area contributed by atoms with Crippen LogP contribution in [0.15, 0.2) is 18.2 Å². The molecule has 1 aliphatic heterocycles. The SMILES string of the molecule is CC(NC(=O)CCCN)c1ccc2c(c1)CC(=O)N2.Cl. The number of hydrogen-bond donors (Lipinski definition) is 3. The summed E-state index contributed by atoms with van der Waals surface area (Å²) in [5.74, 6) is 0.0273. The summed E-state index contributed by atoms with van der Waals surface area (Å²) in [5.41, 5.74) is 8.25. The Hall–Kier alpha value is -1.59. The number of carbonyl (C=O) groups excluding carboxylic acids is 2. The minimum atomic E-state index is -0.0636. The highest BCUT2D eigenvalue weighted by molar-refractivity contribution is 5.99. The summed E-state index contributed by atoms with van der Waals surface area (Å²) < 4.78 is 0. The minimum Gasteiger partial charge on any atom is -0.350 e. The Morgan fingerprint density at radius 1 is 1.50 bits per heavy atom. The summed E-state index contributed by atoms with van der Waals surface area (Å²) in [4.78, 5) is 22.9. The molecule has 1 aliphatic rings. The summed E-state index contributed by atoms with van der Waals surface area (Å²) in [6, 6.07) is 5.73. The topological polar surface area (TPSA) is 84.2 Å². The molecule has 0 saturated carbocycles. The van der Waals surface area contributed by atoms with Gasteiger partial charge in [0.15, 0.2) is 0 Å². The van der Waals surface area contributed by atoms with Crippen LogP contribution in [-0.4, -0.2) is 18.4 Å². The second-order valence-corrected chi connectivity index (χ2v) is 4.82. The second kappa shape index (κ2) is 7.26. The van der Waals surface area contributed by atoms with Crippen molar-refractivity contribution in [1.82, 2.24) is 5.32 Å². The van der Waals surface area contributed by atoms with Crippen LogP contribution in [0.1, 0.15) is 36.9 Å². The lowest BCUT2D eigenvalue weighted by Gasteiger charge is -2.15. The van der Waals surface area contributed by atoms with Gasteiger partial charge in [0.25, 0.3) is 0 Å². The fraction of sp³-hybridized carbons (Fsp3) is 0.429. The van der Waals surface area contributed by atoms with Crippen LogP contribution in [-0.2, 0) is 16.0 Å². The molecule has 5 nitrogen and oxygen atoms in total. The molecule has 0 aromatic heterocycles. The van der Waals surface area contributed by atoms with Gasteiger partial charge in [0.1, 0.15) is 0 Å². The van der Waals surface area contributed by atoms with Crippen LogP contribution in [0, 0.1) is 0 Å². The van der Waals surface area contributed by atoms with Gasteiger partial charge in [-0.15, -0.1) is 12.4 Å². The van der Waals surface area contributed by atoms with E-state index in [-0.39, 0.29) is 30.3 Å². The van der Waals surface area contributed by atoms with Crippen LogP contribution in [0.3, 0.4) is 0 Å². The molecule has 1 aromatic rings. The first-order chi connectivity index (χ1) is 9.10. The highest BCUT2D eigenvalue weighted by atomic mass is 35.5. The largest absolute Gasteiger partial charge is 0.350 e. The molecule has 0 aliphatic carbocycles. The lowest BCUT2D eigenvalue weighted by atomic mass is 10.0. The summed E-state index contributed by atoms with van der Waals surface area (Å²) >= 11 is 0. The molecule has 110 valence electrons. The maximum absolute atomic E-state index is 11.6. The van der Waals surface area contributed by atoms with E-state index in [9.17, 15) is 9.59 Å². The monoisotopic (exact) mass is 297 g/mol. The molecule has 0 saturated heterocycles. The van der Waals surface area contributed by atoms with Gasteiger partial charge in [-0.2, -0.15) is 0 Å². The lowest BCUT2D eigenvalue weighted by Crippen LogP contribution is -2.26. The summed E-state index contributed by atoms with van der Waals surface area (Å²) in [5, 5.41) is 5.73. The predicted molar refractivity (Wildman–Crippen MR) is 80.9 cm³/mol. The van der Waals surface area contributed by atoms with Crippen LogP contribution in [0.25, 0.3) is 0 Å². The van der Waals surface area contributed by atoms with Gasteiger partial charge in [0.2, 0.25) is 11.8 Å².